The maximum Gasteiger partial charge on any atom is 0.179 e. The van der Waals surface area contributed by atoms with Crippen LogP contribution < -0.4 is 11.5 Å². The highest BCUT2D eigenvalue weighted by Crippen LogP contribution is 2.20. The van der Waals surface area contributed by atoms with Gasteiger partial charge in [-0.05, 0) is 31.5 Å². The van der Waals surface area contributed by atoms with Gasteiger partial charge in [-0.3, -0.25) is 4.99 Å². The third-order valence-corrected chi connectivity index (χ3v) is 2.25. The molecule has 0 radical (unpaired) electrons. The molecule has 0 aliphatic rings. The summed E-state index contributed by atoms with van der Waals surface area (Å²) in [4.78, 5) is 3.73. The zero-order valence-electron chi connectivity index (χ0n) is 9.50. The first-order valence-corrected chi connectivity index (χ1v) is 4.96. The number of nitrogens with zero attached hydrogens (tertiary/aromatic N) is 1. The highest BCUT2D eigenvalue weighted by Gasteiger charge is 2.07. The van der Waals surface area contributed by atoms with Gasteiger partial charge < -0.3 is 11.5 Å². The molecule has 0 heterocycles. The molecular weight excluding hydrogens is 205 g/mol. The topological polar surface area (TPSA) is 64.4 Å². The van der Waals surface area contributed by atoms with Gasteiger partial charge in [-0.1, -0.05) is 12.1 Å². The Labute approximate surface area is 94.7 Å². The van der Waals surface area contributed by atoms with Gasteiger partial charge in [0.05, 0.1) is 0 Å². The smallest absolute Gasteiger partial charge is 0.179 e. The Hall–Kier alpha value is -1.84. The van der Waals surface area contributed by atoms with E-state index in [2.05, 4.69) is 4.99 Å². The fourth-order valence-corrected chi connectivity index (χ4v) is 1.54. The molecule has 86 valence electrons. The predicted molar refractivity (Wildman–Crippen MR) is 66.7 cm³/mol. The number of nitrogen functional groups attached to an aromatic ring is 1. The Morgan fingerprint density at radius 3 is 2.25 bits per heavy atom. The second-order valence-corrected chi connectivity index (χ2v) is 3.54. The molecule has 0 aliphatic heterocycles. The molecule has 1 rings (SSSR count). The van der Waals surface area contributed by atoms with E-state index in [1.54, 1.807) is 26.0 Å². The monoisotopic (exact) mass is 221 g/mol. The van der Waals surface area contributed by atoms with Gasteiger partial charge in [0.2, 0.25) is 0 Å². The van der Waals surface area contributed by atoms with E-state index >= 15 is 0 Å². The van der Waals surface area contributed by atoms with Crippen LogP contribution in [0.3, 0.4) is 0 Å². The molecule has 0 amide bonds. The van der Waals surface area contributed by atoms with Crippen LogP contribution in [-0.4, -0.2) is 12.5 Å². The quantitative estimate of drug-likeness (QED) is 0.467. The predicted octanol–water partition coefficient (Wildman–Crippen LogP) is 2.35. The Balaban J connectivity index is 3.20. The van der Waals surface area contributed by atoms with E-state index in [4.69, 9.17) is 11.5 Å². The molecule has 0 aliphatic carbocycles. The fraction of sp³-hybridized carbons (Fsp3) is 0.250. The van der Waals surface area contributed by atoms with E-state index in [1.165, 1.54) is 0 Å². The summed E-state index contributed by atoms with van der Waals surface area (Å²) in [5, 5.41) is 0. The van der Waals surface area contributed by atoms with Crippen LogP contribution in [-0.2, 0) is 0 Å². The zero-order valence-corrected chi connectivity index (χ0v) is 9.50. The van der Waals surface area contributed by atoms with Crippen molar-refractivity contribution < 1.29 is 4.39 Å². The number of allylic oxidation sites excluding steroid dienone is 2. The summed E-state index contributed by atoms with van der Waals surface area (Å²) in [6.07, 6.45) is 0. The SMILES string of the molecule is C/C(N)=C(/C(C)=N/CF)c1ccc(N)cc1. The van der Waals surface area contributed by atoms with Crippen LogP contribution in [0.4, 0.5) is 10.1 Å². The van der Waals surface area contributed by atoms with Crippen molar-refractivity contribution in [1.82, 2.24) is 0 Å². The average Bonchev–Trinajstić information content (AvgIpc) is 2.21. The molecule has 0 aromatic heterocycles. The minimum absolute atomic E-state index is 0.590. The summed E-state index contributed by atoms with van der Waals surface area (Å²) in [6, 6.07) is 7.25. The lowest BCUT2D eigenvalue weighted by Crippen LogP contribution is -2.06. The third-order valence-electron chi connectivity index (χ3n) is 2.25. The molecule has 0 saturated heterocycles. The van der Waals surface area contributed by atoms with Gasteiger partial charge in [-0.15, -0.1) is 0 Å². The lowest BCUT2D eigenvalue weighted by molar-refractivity contribution is 0.513. The standard InChI is InChI=1S/C12H16FN3/c1-8(14)12(9(2)16-7-13)10-3-5-11(15)6-4-10/h3-6H,7,14-15H2,1-2H3/b12-8+,16-9+. The Bertz CT molecular complexity index is 414. The lowest BCUT2D eigenvalue weighted by atomic mass is 10.00. The molecule has 0 bridgehead atoms. The molecule has 0 atom stereocenters. The molecular formula is C12H16FN3. The van der Waals surface area contributed by atoms with Gasteiger partial charge in [-0.25, -0.2) is 4.39 Å². The van der Waals surface area contributed by atoms with Crippen LogP contribution in [0.25, 0.3) is 5.57 Å². The minimum atomic E-state index is -0.739. The Morgan fingerprint density at radius 1 is 1.25 bits per heavy atom. The van der Waals surface area contributed by atoms with E-state index in [1.807, 2.05) is 12.1 Å². The molecule has 4 N–H and O–H groups in total. The second-order valence-electron chi connectivity index (χ2n) is 3.54. The van der Waals surface area contributed by atoms with E-state index in [-0.39, 0.29) is 0 Å². The summed E-state index contributed by atoms with van der Waals surface area (Å²) in [6.45, 7) is 2.77. The number of halogens is 1. The Kier molecular flexibility index (Phi) is 4.05. The summed E-state index contributed by atoms with van der Waals surface area (Å²) < 4.78 is 12.2. The van der Waals surface area contributed by atoms with Gasteiger partial charge in [0.15, 0.2) is 6.80 Å². The number of aliphatic imine (C=N–C) groups is 1. The summed E-state index contributed by atoms with van der Waals surface area (Å²) in [7, 11) is 0. The van der Waals surface area contributed by atoms with Gasteiger partial charge in [0, 0.05) is 22.7 Å². The number of hydrogen-bond donors (Lipinski definition) is 2. The number of hydrogen-bond acceptors (Lipinski definition) is 3. The van der Waals surface area contributed by atoms with Crippen molar-refractivity contribution >= 4 is 17.0 Å². The van der Waals surface area contributed by atoms with Crippen molar-refractivity contribution in [3.8, 4) is 0 Å². The van der Waals surface area contributed by atoms with Crippen LogP contribution in [0.1, 0.15) is 19.4 Å². The van der Waals surface area contributed by atoms with E-state index < -0.39 is 6.80 Å². The van der Waals surface area contributed by atoms with Crippen LogP contribution in [0.15, 0.2) is 35.0 Å². The van der Waals surface area contributed by atoms with Crippen molar-refractivity contribution in [2.75, 3.05) is 12.5 Å². The average molecular weight is 221 g/mol. The van der Waals surface area contributed by atoms with Crippen LogP contribution in [0, 0.1) is 0 Å². The first-order chi connectivity index (χ1) is 7.56. The molecule has 1 aromatic carbocycles. The lowest BCUT2D eigenvalue weighted by Gasteiger charge is -2.10. The maximum atomic E-state index is 12.2. The van der Waals surface area contributed by atoms with E-state index in [9.17, 15) is 4.39 Å². The molecule has 4 heteroatoms. The maximum absolute atomic E-state index is 12.2. The fourth-order valence-electron chi connectivity index (χ4n) is 1.54. The van der Waals surface area contributed by atoms with Crippen LogP contribution in [0.5, 0.6) is 0 Å². The molecule has 3 nitrogen and oxygen atoms in total. The molecule has 0 fully saturated rings. The Morgan fingerprint density at radius 2 is 1.81 bits per heavy atom. The largest absolute Gasteiger partial charge is 0.402 e. The molecule has 1 aromatic rings. The van der Waals surface area contributed by atoms with Gasteiger partial charge in [-0.2, -0.15) is 0 Å². The van der Waals surface area contributed by atoms with Gasteiger partial charge >= 0.3 is 0 Å². The molecule has 0 saturated carbocycles. The molecule has 16 heavy (non-hydrogen) atoms. The van der Waals surface area contributed by atoms with Crippen molar-refractivity contribution in [1.29, 1.82) is 0 Å². The van der Waals surface area contributed by atoms with Crippen molar-refractivity contribution in [3.05, 3.63) is 35.5 Å². The number of alkyl halides is 1. The normalized spacial score (nSPS) is 13.6. The van der Waals surface area contributed by atoms with Gasteiger partial charge in [0.25, 0.3) is 0 Å². The first kappa shape index (κ1) is 12.2. The molecule has 0 unspecified atom stereocenters. The zero-order chi connectivity index (χ0) is 12.1. The van der Waals surface area contributed by atoms with Crippen LogP contribution in [0.2, 0.25) is 0 Å². The molecule has 0 spiro atoms. The highest BCUT2D eigenvalue weighted by atomic mass is 19.1. The van der Waals surface area contributed by atoms with E-state index in [0.717, 1.165) is 11.1 Å². The van der Waals surface area contributed by atoms with Gasteiger partial charge in [0.1, 0.15) is 0 Å². The first-order valence-electron chi connectivity index (χ1n) is 4.96. The highest BCUT2D eigenvalue weighted by molar-refractivity contribution is 6.23. The number of nitrogens with two attached hydrogens (primary N) is 2. The van der Waals surface area contributed by atoms with Crippen molar-refractivity contribution in [3.63, 3.8) is 0 Å². The minimum Gasteiger partial charge on any atom is -0.402 e. The number of rotatable bonds is 3. The second kappa shape index (κ2) is 5.30. The van der Waals surface area contributed by atoms with E-state index in [0.29, 0.717) is 17.1 Å². The third kappa shape index (κ3) is 2.82. The van der Waals surface area contributed by atoms with Crippen LogP contribution >= 0.6 is 0 Å². The summed E-state index contributed by atoms with van der Waals surface area (Å²) in [5.74, 6) is 0. The summed E-state index contributed by atoms with van der Waals surface area (Å²) >= 11 is 0. The van der Waals surface area contributed by atoms with Crippen molar-refractivity contribution in [2.45, 2.75) is 13.8 Å². The number of benzene rings is 1. The number of anilines is 1. The summed E-state index contributed by atoms with van der Waals surface area (Å²) in [5.41, 5.74) is 14.9. The van der Waals surface area contributed by atoms with Crippen molar-refractivity contribution in [2.24, 2.45) is 10.7 Å².